The molecule has 0 aromatic rings. The average Bonchev–Trinajstić information content (AvgIpc) is 3.23. The molecule has 3 atom stereocenters. The summed E-state index contributed by atoms with van der Waals surface area (Å²) in [4.78, 5) is 37.6. The van der Waals surface area contributed by atoms with E-state index in [-0.39, 0.29) is 30.4 Å². The number of fused-ring (bicyclic) bond motifs is 2. The molecule has 2 saturated carbocycles. The minimum atomic E-state index is -0.243. The quantitative estimate of drug-likeness (QED) is 0.686. The summed E-state index contributed by atoms with van der Waals surface area (Å²) in [5, 5.41) is 0. The Bertz CT molecular complexity index is 512. The predicted molar refractivity (Wildman–Crippen MR) is 90.5 cm³/mol. The Kier molecular flexibility index (Phi) is 5.97. The van der Waals surface area contributed by atoms with Gasteiger partial charge in [-0.25, -0.2) is 0 Å². The minimum Gasteiger partial charge on any atom is -0.466 e. The first-order valence-electron chi connectivity index (χ1n) is 9.66. The highest BCUT2D eigenvalue weighted by Gasteiger charge is 2.40. The fraction of sp³-hybridized carbons (Fsp3) is 0.842. The van der Waals surface area contributed by atoms with Gasteiger partial charge in [0.1, 0.15) is 0 Å². The fourth-order valence-electron chi connectivity index (χ4n) is 4.76. The van der Waals surface area contributed by atoms with Gasteiger partial charge in [0, 0.05) is 19.5 Å². The molecule has 0 N–H and O–H groups in total. The molecule has 140 valence electrons. The van der Waals surface area contributed by atoms with Crippen LogP contribution in [0.1, 0.15) is 51.9 Å². The number of likely N-dealkylation sites (tertiary alicyclic amines) is 1. The van der Waals surface area contributed by atoms with Crippen molar-refractivity contribution in [3.63, 3.8) is 0 Å². The second-order valence-electron chi connectivity index (χ2n) is 7.71. The van der Waals surface area contributed by atoms with Crippen LogP contribution in [0.3, 0.4) is 0 Å². The Morgan fingerprint density at radius 2 is 1.76 bits per heavy atom. The van der Waals surface area contributed by atoms with E-state index in [1.165, 1.54) is 19.3 Å². The molecule has 3 aliphatic rings. The van der Waals surface area contributed by atoms with E-state index < -0.39 is 0 Å². The van der Waals surface area contributed by atoms with Crippen molar-refractivity contribution in [2.24, 2.45) is 23.7 Å². The standard InChI is InChI=1S/C19H29NO5/c1-2-24-19(23)14-5-7-20(8-6-14)17(21)12-25-18(22)11-16-10-13-3-4-15(16)9-13/h13-16H,2-12H2,1H3. The van der Waals surface area contributed by atoms with Crippen molar-refractivity contribution in [1.29, 1.82) is 0 Å². The molecule has 0 aromatic heterocycles. The zero-order valence-corrected chi connectivity index (χ0v) is 15.1. The van der Waals surface area contributed by atoms with E-state index >= 15 is 0 Å². The van der Waals surface area contributed by atoms with Crippen LogP contribution in [0, 0.1) is 23.7 Å². The van der Waals surface area contributed by atoms with Gasteiger partial charge in [0.15, 0.2) is 6.61 Å². The zero-order chi connectivity index (χ0) is 17.8. The first-order chi connectivity index (χ1) is 12.1. The van der Waals surface area contributed by atoms with Gasteiger partial charge in [-0.2, -0.15) is 0 Å². The van der Waals surface area contributed by atoms with Crippen LogP contribution in [0.15, 0.2) is 0 Å². The molecule has 25 heavy (non-hydrogen) atoms. The van der Waals surface area contributed by atoms with Crippen molar-refractivity contribution in [3.8, 4) is 0 Å². The second-order valence-corrected chi connectivity index (χ2v) is 7.71. The second kappa shape index (κ2) is 8.19. The summed E-state index contributed by atoms with van der Waals surface area (Å²) >= 11 is 0. The van der Waals surface area contributed by atoms with Crippen molar-refractivity contribution < 1.29 is 23.9 Å². The first-order valence-corrected chi connectivity index (χ1v) is 9.66. The number of nitrogens with zero attached hydrogens (tertiary/aromatic N) is 1. The van der Waals surface area contributed by atoms with Crippen LogP contribution in [0.4, 0.5) is 0 Å². The lowest BCUT2D eigenvalue weighted by Gasteiger charge is -2.30. The largest absolute Gasteiger partial charge is 0.466 e. The molecule has 1 heterocycles. The smallest absolute Gasteiger partial charge is 0.309 e. The number of esters is 2. The van der Waals surface area contributed by atoms with E-state index in [2.05, 4.69) is 0 Å². The summed E-state index contributed by atoms with van der Waals surface area (Å²) in [6.07, 6.45) is 6.67. The van der Waals surface area contributed by atoms with Gasteiger partial charge in [0.2, 0.25) is 0 Å². The van der Waals surface area contributed by atoms with Crippen molar-refractivity contribution in [2.75, 3.05) is 26.3 Å². The molecule has 6 heteroatoms. The van der Waals surface area contributed by atoms with Crippen molar-refractivity contribution in [1.82, 2.24) is 4.90 Å². The maximum atomic E-state index is 12.2. The molecule has 1 saturated heterocycles. The van der Waals surface area contributed by atoms with Crippen LogP contribution >= 0.6 is 0 Å². The number of carbonyl (C=O) groups excluding carboxylic acids is 3. The maximum absolute atomic E-state index is 12.2. The molecular formula is C19H29NO5. The van der Waals surface area contributed by atoms with Crippen LogP contribution in [-0.2, 0) is 23.9 Å². The highest BCUT2D eigenvalue weighted by Crippen LogP contribution is 2.49. The van der Waals surface area contributed by atoms with E-state index in [4.69, 9.17) is 9.47 Å². The molecule has 1 amide bonds. The monoisotopic (exact) mass is 351 g/mol. The third-order valence-corrected chi connectivity index (χ3v) is 6.14. The van der Waals surface area contributed by atoms with Gasteiger partial charge in [-0.05, 0) is 56.8 Å². The third-order valence-electron chi connectivity index (χ3n) is 6.14. The van der Waals surface area contributed by atoms with E-state index in [1.807, 2.05) is 0 Å². The molecule has 2 bridgehead atoms. The summed E-state index contributed by atoms with van der Waals surface area (Å²) in [6, 6.07) is 0. The lowest BCUT2D eigenvalue weighted by Crippen LogP contribution is -2.42. The number of piperidine rings is 1. The van der Waals surface area contributed by atoms with E-state index in [1.54, 1.807) is 11.8 Å². The Morgan fingerprint density at radius 1 is 1.00 bits per heavy atom. The van der Waals surface area contributed by atoms with Gasteiger partial charge >= 0.3 is 11.9 Å². The number of carbonyl (C=O) groups is 3. The normalized spacial score (nSPS) is 28.8. The zero-order valence-electron chi connectivity index (χ0n) is 15.1. The van der Waals surface area contributed by atoms with Gasteiger partial charge in [-0.1, -0.05) is 6.42 Å². The SMILES string of the molecule is CCOC(=O)C1CCN(C(=O)COC(=O)CC2CC3CCC2C3)CC1. The molecule has 0 radical (unpaired) electrons. The molecule has 0 spiro atoms. The first kappa shape index (κ1) is 18.2. The van der Waals surface area contributed by atoms with Crippen molar-refractivity contribution >= 4 is 17.8 Å². The predicted octanol–water partition coefficient (Wildman–Crippen LogP) is 2.16. The fourth-order valence-corrected chi connectivity index (χ4v) is 4.76. The van der Waals surface area contributed by atoms with Gasteiger partial charge in [0.25, 0.3) is 5.91 Å². The summed E-state index contributed by atoms with van der Waals surface area (Å²) in [7, 11) is 0. The molecule has 2 aliphatic carbocycles. The Balaban J connectivity index is 1.34. The van der Waals surface area contributed by atoms with Gasteiger partial charge in [-0.15, -0.1) is 0 Å². The van der Waals surface area contributed by atoms with E-state index in [0.29, 0.717) is 50.8 Å². The van der Waals surface area contributed by atoms with Crippen LogP contribution in [0.2, 0.25) is 0 Å². The summed E-state index contributed by atoms with van der Waals surface area (Å²) in [5.74, 6) is 1.26. The van der Waals surface area contributed by atoms with Crippen LogP contribution in [0.25, 0.3) is 0 Å². The number of hydrogen-bond donors (Lipinski definition) is 0. The van der Waals surface area contributed by atoms with Crippen molar-refractivity contribution in [2.45, 2.75) is 51.9 Å². The van der Waals surface area contributed by atoms with Crippen LogP contribution in [-0.4, -0.2) is 49.0 Å². The Morgan fingerprint density at radius 3 is 2.36 bits per heavy atom. The van der Waals surface area contributed by atoms with Crippen molar-refractivity contribution in [3.05, 3.63) is 0 Å². The highest BCUT2D eigenvalue weighted by atomic mass is 16.5. The van der Waals surface area contributed by atoms with E-state index in [9.17, 15) is 14.4 Å². The summed E-state index contributed by atoms with van der Waals surface area (Å²) in [6.45, 7) is 3.04. The topological polar surface area (TPSA) is 72.9 Å². The molecule has 6 nitrogen and oxygen atoms in total. The highest BCUT2D eigenvalue weighted by molar-refractivity contribution is 5.81. The number of ether oxygens (including phenoxy) is 2. The maximum Gasteiger partial charge on any atom is 0.309 e. The summed E-state index contributed by atoms with van der Waals surface area (Å²) < 4.78 is 10.2. The molecule has 0 aromatic carbocycles. The third kappa shape index (κ3) is 4.53. The number of rotatable bonds is 6. The minimum absolute atomic E-state index is 0.121. The van der Waals surface area contributed by atoms with E-state index in [0.717, 1.165) is 12.3 Å². The lowest BCUT2D eigenvalue weighted by molar-refractivity contribution is -0.155. The van der Waals surface area contributed by atoms with Gasteiger partial charge < -0.3 is 14.4 Å². The molecule has 3 unspecified atom stereocenters. The van der Waals surface area contributed by atoms with Gasteiger partial charge in [-0.3, -0.25) is 14.4 Å². The molecular weight excluding hydrogens is 322 g/mol. The number of hydrogen-bond acceptors (Lipinski definition) is 5. The summed E-state index contributed by atoms with van der Waals surface area (Å²) in [5.41, 5.74) is 0. The Hall–Kier alpha value is -1.59. The van der Waals surface area contributed by atoms with Crippen LogP contribution < -0.4 is 0 Å². The lowest BCUT2D eigenvalue weighted by atomic mass is 9.86. The van der Waals surface area contributed by atoms with Gasteiger partial charge in [0.05, 0.1) is 12.5 Å². The molecule has 3 fully saturated rings. The average molecular weight is 351 g/mol. The molecule has 1 aliphatic heterocycles. The molecule has 3 rings (SSSR count). The number of amides is 1. The Labute approximate surface area is 149 Å². The van der Waals surface area contributed by atoms with Crippen LogP contribution in [0.5, 0.6) is 0 Å².